The Labute approximate surface area is 213 Å². The highest BCUT2D eigenvalue weighted by Gasteiger charge is 2.22. The fourth-order valence-corrected chi connectivity index (χ4v) is 4.43. The number of aromatic hydroxyl groups is 2. The van der Waals surface area contributed by atoms with Gasteiger partial charge in [0.25, 0.3) is 11.8 Å². The number of benzene rings is 3. The van der Waals surface area contributed by atoms with Crippen molar-refractivity contribution in [2.75, 3.05) is 19.1 Å². The molecule has 0 aliphatic carbocycles. The molecule has 4 aromatic rings. The molecule has 2 amide bonds. The first-order valence-electron chi connectivity index (χ1n) is 11.2. The topological polar surface area (TPSA) is 90.3 Å². The number of thiophene rings is 1. The number of ether oxygens (including phenoxy) is 1. The lowest BCUT2D eigenvalue weighted by molar-refractivity contribution is 0.0785. The van der Waals surface area contributed by atoms with Crippen LogP contribution in [0.15, 0.2) is 83.6 Å². The Bertz CT molecular complexity index is 1340. The van der Waals surface area contributed by atoms with Gasteiger partial charge >= 0.3 is 0 Å². The highest BCUT2D eigenvalue weighted by molar-refractivity contribution is 7.07. The summed E-state index contributed by atoms with van der Waals surface area (Å²) < 4.78 is 5.18. The Morgan fingerprint density at radius 2 is 1.58 bits per heavy atom. The third-order valence-corrected chi connectivity index (χ3v) is 6.46. The maximum absolute atomic E-state index is 13.4. The van der Waals surface area contributed by atoms with Crippen LogP contribution in [0.3, 0.4) is 0 Å². The number of nitrogens with zero attached hydrogens (tertiary/aromatic N) is 2. The van der Waals surface area contributed by atoms with Gasteiger partial charge in [0.15, 0.2) is 0 Å². The summed E-state index contributed by atoms with van der Waals surface area (Å²) in [6.45, 7) is 0.723. The lowest BCUT2D eigenvalue weighted by atomic mass is 10.1. The van der Waals surface area contributed by atoms with Gasteiger partial charge < -0.3 is 24.7 Å². The molecule has 0 atom stereocenters. The van der Waals surface area contributed by atoms with Gasteiger partial charge in [-0.1, -0.05) is 12.1 Å². The normalized spacial score (nSPS) is 10.6. The summed E-state index contributed by atoms with van der Waals surface area (Å²) >= 11 is 1.52. The van der Waals surface area contributed by atoms with Crippen molar-refractivity contribution in [1.82, 2.24) is 4.90 Å². The number of phenolic OH excluding ortho intramolecular Hbond substituents is 2. The third kappa shape index (κ3) is 5.67. The Kier molecular flexibility index (Phi) is 7.56. The smallest absolute Gasteiger partial charge is 0.262 e. The minimum atomic E-state index is -0.422. The van der Waals surface area contributed by atoms with Crippen molar-refractivity contribution in [2.45, 2.75) is 13.1 Å². The van der Waals surface area contributed by atoms with Crippen molar-refractivity contribution in [3.8, 4) is 17.2 Å². The lowest BCUT2D eigenvalue weighted by Gasteiger charge is -2.24. The van der Waals surface area contributed by atoms with E-state index < -0.39 is 5.91 Å². The van der Waals surface area contributed by atoms with Crippen molar-refractivity contribution in [3.05, 3.63) is 106 Å². The van der Waals surface area contributed by atoms with Crippen LogP contribution in [0, 0.1) is 0 Å². The van der Waals surface area contributed by atoms with Crippen LogP contribution in [0.25, 0.3) is 0 Å². The molecule has 1 heterocycles. The maximum Gasteiger partial charge on any atom is 0.262 e. The van der Waals surface area contributed by atoms with Gasteiger partial charge in [-0.25, -0.2) is 0 Å². The zero-order valence-electron chi connectivity index (χ0n) is 19.9. The molecule has 0 saturated heterocycles. The number of carbonyl (C=O) groups is 2. The summed E-state index contributed by atoms with van der Waals surface area (Å²) in [4.78, 5) is 29.5. The van der Waals surface area contributed by atoms with Crippen LogP contribution in [0.1, 0.15) is 31.8 Å². The molecule has 0 saturated carbocycles. The predicted molar refractivity (Wildman–Crippen MR) is 140 cm³/mol. The molecule has 184 valence electrons. The molecule has 0 aliphatic heterocycles. The van der Waals surface area contributed by atoms with Crippen LogP contribution in [0.2, 0.25) is 0 Å². The number of methoxy groups -OCH3 is 1. The van der Waals surface area contributed by atoms with E-state index in [0.717, 1.165) is 22.9 Å². The zero-order chi connectivity index (χ0) is 25.7. The highest BCUT2D eigenvalue weighted by atomic mass is 32.1. The van der Waals surface area contributed by atoms with E-state index in [1.165, 1.54) is 28.4 Å². The largest absolute Gasteiger partial charge is 0.508 e. The van der Waals surface area contributed by atoms with E-state index in [9.17, 15) is 19.8 Å². The molecular formula is C28H26N2O5S. The van der Waals surface area contributed by atoms with Crippen molar-refractivity contribution in [1.29, 1.82) is 0 Å². The molecule has 0 spiro atoms. The van der Waals surface area contributed by atoms with E-state index in [-0.39, 0.29) is 29.5 Å². The molecule has 36 heavy (non-hydrogen) atoms. The van der Waals surface area contributed by atoms with Gasteiger partial charge in [0.2, 0.25) is 0 Å². The molecule has 0 unspecified atom stereocenters. The van der Waals surface area contributed by atoms with Crippen LogP contribution in [-0.4, -0.2) is 41.1 Å². The molecule has 8 heteroatoms. The number of amides is 2. The maximum atomic E-state index is 13.4. The van der Waals surface area contributed by atoms with Crippen molar-refractivity contribution >= 4 is 28.8 Å². The van der Waals surface area contributed by atoms with Crippen molar-refractivity contribution in [3.63, 3.8) is 0 Å². The molecule has 4 rings (SSSR count). The second-order valence-corrected chi connectivity index (χ2v) is 9.06. The third-order valence-electron chi connectivity index (χ3n) is 5.73. The van der Waals surface area contributed by atoms with Gasteiger partial charge in [-0.3, -0.25) is 9.59 Å². The van der Waals surface area contributed by atoms with E-state index in [2.05, 4.69) is 0 Å². The molecule has 0 aliphatic rings. The molecule has 0 bridgehead atoms. The van der Waals surface area contributed by atoms with E-state index >= 15 is 0 Å². The minimum Gasteiger partial charge on any atom is -0.508 e. The predicted octanol–water partition coefficient (Wildman–Crippen LogP) is 5.29. The molecule has 3 aromatic carbocycles. The fraction of sp³-hybridized carbons (Fsp3) is 0.143. The van der Waals surface area contributed by atoms with Gasteiger partial charge in [0.1, 0.15) is 17.2 Å². The average molecular weight is 503 g/mol. The van der Waals surface area contributed by atoms with E-state index in [1.807, 2.05) is 41.1 Å². The number of hydrogen-bond donors (Lipinski definition) is 2. The average Bonchev–Trinajstić information content (AvgIpc) is 3.40. The van der Waals surface area contributed by atoms with Crippen LogP contribution in [0.5, 0.6) is 17.2 Å². The van der Waals surface area contributed by atoms with Gasteiger partial charge in [0.05, 0.1) is 19.2 Å². The second kappa shape index (κ2) is 11.0. The number of hydrogen-bond acceptors (Lipinski definition) is 6. The summed E-state index contributed by atoms with van der Waals surface area (Å²) in [7, 11) is 3.34. The van der Waals surface area contributed by atoms with Gasteiger partial charge in [-0.15, -0.1) is 0 Å². The quantitative estimate of drug-likeness (QED) is 0.342. The molecule has 0 radical (unpaired) electrons. The molecular weight excluding hydrogens is 476 g/mol. The second-order valence-electron chi connectivity index (χ2n) is 8.28. The molecule has 7 nitrogen and oxygen atoms in total. The SMILES string of the molecule is COc1ccc(CN(C)C(=O)c2ccc(N(Cc3ccsc3)C(=O)c3ccc(O)cc3O)cc2)cc1. The fourth-order valence-electron chi connectivity index (χ4n) is 3.77. The van der Waals surface area contributed by atoms with E-state index in [4.69, 9.17) is 4.74 Å². The summed E-state index contributed by atoms with van der Waals surface area (Å²) in [6, 6.07) is 20.2. The Balaban J connectivity index is 1.55. The number of rotatable bonds is 8. The monoisotopic (exact) mass is 502 g/mol. The number of anilines is 1. The lowest BCUT2D eigenvalue weighted by Crippen LogP contribution is -2.30. The van der Waals surface area contributed by atoms with Gasteiger partial charge in [-0.2, -0.15) is 11.3 Å². The zero-order valence-corrected chi connectivity index (χ0v) is 20.7. The Morgan fingerprint density at radius 1 is 0.861 bits per heavy atom. The van der Waals surface area contributed by atoms with Crippen LogP contribution < -0.4 is 9.64 Å². The number of phenols is 2. The van der Waals surface area contributed by atoms with Crippen molar-refractivity contribution < 1.29 is 24.5 Å². The van der Waals surface area contributed by atoms with E-state index in [0.29, 0.717) is 17.8 Å². The first kappa shape index (κ1) is 24.8. The molecule has 2 N–H and O–H groups in total. The molecule has 1 aromatic heterocycles. The minimum absolute atomic E-state index is 0.0717. The summed E-state index contributed by atoms with van der Waals surface area (Å²) in [6.07, 6.45) is 0. The highest BCUT2D eigenvalue weighted by Crippen LogP contribution is 2.28. The first-order valence-corrected chi connectivity index (χ1v) is 12.1. The van der Waals surface area contributed by atoms with Crippen molar-refractivity contribution in [2.24, 2.45) is 0 Å². The number of carbonyl (C=O) groups excluding carboxylic acids is 2. The van der Waals surface area contributed by atoms with Crippen LogP contribution in [0.4, 0.5) is 5.69 Å². The van der Waals surface area contributed by atoms with Crippen LogP contribution >= 0.6 is 11.3 Å². The Morgan fingerprint density at radius 3 is 2.19 bits per heavy atom. The van der Waals surface area contributed by atoms with Gasteiger partial charge in [-0.05, 0) is 76.5 Å². The summed E-state index contributed by atoms with van der Waals surface area (Å²) in [5.41, 5.74) is 3.05. The molecule has 0 fully saturated rings. The summed E-state index contributed by atoms with van der Waals surface area (Å²) in [5, 5.41) is 23.7. The first-order chi connectivity index (χ1) is 17.4. The van der Waals surface area contributed by atoms with Crippen LogP contribution in [-0.2, 0) is 13.1 Å². The Hall–Kier alpha value is -4.30. The van der Waals surface area contributed by atoms with Gasteiger partial charge in [0, 0.05) is 30.9 Å². The van der Waals surface area contributed by atoms with E-state index in [1.54, 1.807) is 43.3 Å². The standard InChI is InChI=1S/C28H26N2O5S/c1-29(16-19-3-10-24(35-2)11-4-19)27(33)21-5-7-22(8-6-21)30(17-20-13-14-36-18-20)28(34)25-12-9-23(31)15-26(25)32/h3-15,18,31-32H,16-17H2,1-2H3. The summed E-state index contributed by atoms with van der Waals surface area (Å²) in [5.74, 6) is -0.249.